The Kier molecular flexibility index (Phi) is 4.84. The smallest absolute Gasteiger partial charge is 0.246 e. The van der Waals surface area contributed by atoms with Gasteiger partial charge in [0.2, 0.25) is 5.91 Å². The third-order valence-electron chi connectivity index (χ3n) is 5.66. The van der Waals surface area contributed by atoms with Crippen molar-refractivity contribution >= 4 is 22.8 Å². The molecule has 25 heavy (non-hydrogen) atoms. The van der Waals surface area contributed by atoms with E-state index in [9.17, 15) is 4.79 Å². The highest BCUT2D eigenvalue weighted by atomic mass is 16.2. The Morgan fingerprint density at radius 3 is 2.40 bits per heavy atom. The van der Waals surface area contributed by atoms with Crippen LogP contribution in [-0.2, 0) is 4.79 Å². The molecule has 0 spiro atoms. The lowest BCUT2D eigenvalue weighted by Gasteiger charge is -2.37. The highest BCUT2D eigenvalue weighted by Crippen LogP contribution is 2.24. The van der Waals surface area contributed by atoms with E-state index in [2.05, 4.69) is 35.2 Å². The third-order valence-corrected chi connectivity index (χ3v) is 5.66. The highest BCUT2D eigenvalue weighted by Gasteiger charge is 2.27. The summed E-state index contributed by atoms with van der Waals surface area (Å²) >= 11 is 0. The summed E-state index contributed by atoms with van der Waals surface area (Å²) in [4.78, 5) is 17.1. The average molecular weight is 334 g/mol. The van der Waals surface area contributed by atoms with Gasteiger partial charge in [-0.05, 0) is 41.3 Å². The van der Waals surface area contributed by atoms with E-state index in [0.29, 0.717) is 0 Å². The van der Waals surface area contributed by atoms with Crippen LogP contribution in [0.15, 0.2) is 48.5 Å². The average Bonchev–Trinajstić information content (AvgIpc) is 3.21. The second-order valence-corrected chi connectivity index (χ2v) is 7.24. The van der Waals surface area contributed by atoms with Crippen LogP contribution in [0.25, 0.3) is 16.8 Å². The van der Waals surface area contributed by atoms with Gasteiger partial charge in [-0.15, -0.1) is 0 Å². The Labute approximate surface area is 149 Å². The quantitative estimate of drug-likeness (QED) is 0.794. The van der Waals surface area contributed by atoms with Gasteiger partial charge in [0.25, 0.3) is 0 Å². The van der Waals surface area contributed by atoms with Gasteiger partial charge in [0.05, 0.1) is 0 Å². The zero-order chi connectivity index (χ0) is 17.1. The van der Waals surface area contributed by atoms with Gasteiger partial charge >= 0.3 is 0 Å². The van der Waals surface area contributed by atoms with Crippen LogP contribution in [0.1, 0.15) is 31.2 Å². The molecule has 1 aliphatic carbocycles. The van der Waals surface area contributed by atoms with Crippen LogP contribution >= 0.6 is 0 Å². The largest absolute Gasteiger partial charge is 0.337 e. The second kappa shape index (κ2) is 7.40. The minimum atomic E-state index is 0.138. The first-order valence-electron chi connectivity index (χ1n) is 9.49. The molecule has 0 aromatic heterocycles. The van der Waals surface area contributed by atoms with Crippen molar-refractivity contribution in [2.75, 3.05) is 26.2 Å². The molecule has 4 rings (SSSR count). The Hall–Kier alpha value is -2.13. The molecule has 2 aromatic carbocycles. The molecule has 1 aliphatic heterocycles. The van der Waals surface area contributed by atoms with Gasteiger partial charge < -0.3 is 4.90 Å². The molecular weight excluding hydrogens is 308 g/mol. The van der Waals surface area contributed by atoms with Gasteiger partial charge in [0.1, 0.15) is 0 Å². The molecule has 1 amide bonds. The summed E-state index contributed by atoms with van der Waals surface area (Å²) in [6, 6.07) is 15.4. The topological polar surface area (TPSA) is 23.6 Å². The fourth-order valence-corrected chi connectivity index (χ4v) is 4.16. The van der Waals surface area contributed by atoms with Crippen LogP contribution in [0.2, 0.25) is 0 Å². The Bertz CT molecular complexity index is 768. The summed E-state index contributed by atoms with van der Waals surface area (Å²) < 4.78 is 0. The maximum atomic E-state index is 12.5. The lowest BCUT2D eigenvalue weighted by Crippen LogP contribution is -2.51. The number of carbonyl (C=O) groups excluding carboxylic acids is 1. The van der Waals surface area contributed by atoms with Crippen LogP contribution in [0.5, 0.6) is 0 Å². The van der Waals surface area contributed by atoms with Gasteiger partial charge in [-0.25, -0.2) is 0 Å². The number of hydrogen-bond acceptors (Lipinski definition) is 2. The molecule has 3 heteroatoms. The fraction of sp³-hybridized carbons (Fsp3) is 0.409. The molecule has 2 aromatic rings. The number of fused-ring (bicyclic) bond motifs is 1. The Morgan fingerprint density at radius 2 is 1.64 bits per heavy atom. The first kappa shape index (κ1) is 16.3. The van der Waals surface area contributed by atoms with Crippen LogP contribution in [0.4, 0.5) is 0 Å². The van der Waals surface area contributed by atoms with Gasteiger partial charge in [-0.3, -0.25) is 9.69 Å². The van der Waals surface area contributed by atoms with Crippen LogP contribution < -0.4 is 0 Å². The predicted molar refractivity (Wildman–Crippen MR) is 103 cm³/mol. The first-order valence-corrected chi connectivity index (χ1v) is 9.49. The van der Waals surface area contributed by atoms with Gasteiger partial charge in [0, 0.05) is 38.3 Å². The minimum absolute atomic E-state index is 0.138. The van der Waals surface area contributed by atoms with E-state index in [4.69, 9.17) is 0 Å². The van der Waals surface area contributed by atoms with Crippen molar-refractivity contribution in [1.29, 1.82) is 0 Å². The zero-order valence-corrected chi connectivity index (χ0v) is 14.7. The van der Waals surface area contributed by atoms with Crippen molar-refractivity contribution in [3.63, 3.8) is 0 Å². The number of benzene rings is 2. The zero-order valence-electron chi connectivity index (χ0n) is 14.7. The minimum Gasteiger partial charge on any atom is -0.337 e. The number of hydrogen-bond donors (Lipinski definition) is 0. The van der Waals surface area contributed by atoms with Crippen molar-refractivity contribution < 1.29 is 4.79 Å². The van der Waals surface area contributed by atoms with E-state index < -0.39 is 0 Å². The van der Waals surface area contributed by atoms with E-state index in [1.165, 1.54) is 36.5 Å². The van der Waals surface area contributed by atoms with Crippen LogP contribution in [0, 0.1) is 0 Å². The molecule has 2 fully saturated rings. The summed E-state index contributed by atoms with van der Waals surface area (Å²) in [6.07, 6.45) is 9.11. The van der Waals surface area contributed by atoms with Gasteiger partial charge in [0.15, 0.2) is 0 Å². The molecule has 2 aliphatic rings. The maximum Gasteiger partial charge on any atom is 0.246 e. The summed E-state index contributed by atoms with van der Waals surface area (Å²) in [5.41, 5.74) is 1.08. The lowest BCUT2D eigenvalue weighted by atomic mass is 10.1. The fourth-order valence-electron chi connectivity index (χ4n) is 4.16. The summed E-state index contributed by atoms with van der Waals surface area (Å²) in [5, 5.41) is 2.44. The summed E-state index contributed by atoms with van der Waals surface area (Å²) in [5.74, 6) is 0.138. The molecule has 130 valence electrons. The normalized spacial score (nSPS) is 19.9. The van der Waals surface area contributed by atoms with Crippen molar-refractivity contribution in [3.05, 3.63) is 54.1 Å². The number of piperazine rings is 1. The van der Waals surface area contributed by atoms with Crippen molar-refractivity contribution in [2.24, 2.45) is 0 Å². The lowest BCUT2D eigenvalue weighted by molar-refractivity contribution is -0.127. The number of rotatable bonds is 3. The molecule has 1 saturated heterocycles. The second-order valence-electron chi connectivity index (χ2n) is 7.24. The number of carbonyl (C=O) groups is 1. The molecular formula is C22H26N2O. The Balaban J connectivity index is 1.35. The number of amides is 1. The monoisotopic (exact) mass is 334 g/mol. The first-order chi connectivity index (χ1) is 12.3. The molecule has 1 saturated carbocycles. The molecule has 1 heterocycles. The molecule has 0 radical (unpaired) electrons. The SMILES string of the molecule is O=C(/C=C/c1ccc2ccccc2c1)N1CCN(C2CCCC2)CC1. The maximum absolute atomic E-state index is 12.5. The molecule has 0 bridgehead atoms. The van der Waals surface area contributed by atoms with Gasteiger partial charge in [-0.1, -0.05) is 49.2 Å². The molecule has 0 N–H and O–H groups in total. The van der Waals surface area contributed by atoms with Crippen molar-refractivity contribution in [1.82, 2.24) is 9.80 Å². The van der Waals surface area contributed by atoms with Gasteiger partial charge in [-0.2, -0.15) is 0 Å². The van der Waals surface area contributed by atoms with E-state index >= 15 is 0 Å². The van der Waals surface area contributed by atoms with E-state index in [-0.39, 0.29) is 5.91 Å². The molecule has 0 atom stereocenters. The summed E-state index contributed by atoms with van der Waals surface area (Å²) in [7, 11) is 0. The Morgan fingerprint density at radius 1 is 0.920 bits per heavy atom. The van der Waals surface area contributed by atoms with Crippen LogP contribution in [-0.4, -0.2) is 47.9 Å². The van der Waals surface area contributed by atoms with E-state index in [1.54, 1.807) is 6.08 Å². The molecule has 0 unspecified atom stereocenters. The third kappa shape index (κ3) is 3.77. The summed E-state index contributed by atoms with van der Waals surface area (Å²) in [6.45, 7) is 3.77. The van der Waals surface area contributed by atoms with Crippen LogP contribution in [0.3, 0.4) is 0 Å². The highest BCUT2D eigenvalue weighted by molar-refractivity contribution is 5.93. The van der Waals surface area contributed by atoms with Crippen molar-refractivity contribution in [3.8, 4) is 0 Å². The standard InChI is InChI=1S/C22H26N2O/c25-22(24-15-13-23(14-16-24)21-7-3-4-8-21)12-10-18-9-11-19-5-1-2-6-20(19)17-18/h1-2,5-6,9-12,17,21H,3-4,7-8,13-16H2/b12-10+. The number of nitrogens with zero attached hydrogens (tertiary/aromatic N) is 2. The molecule has 3 nitrogen and oxygen atoms in total. The van der Waals surface area contributed by atoms with E-state index in [1.807, 2.05) is 23.1 Å². The van der Waals surface area contributed by atoms with E-state index in [0.717, 1.165) is 37.8 Å². The van der Waals surface area contributed by atoms with Crippen molar-refractivity contribution in [2.45, 2.75) is 31.7 Å². The predicted octanol–water partition coefficient (Wildman–Crippen LogP) is 3.94.